The number of hydrogen-bond donors (Lipinski definition) is 2. The van der Waals surface area contributed by atoms with Gasteiger partial charge in [0.25, 0.3) is 5.91 Å². The van der Waals surface area contributed by atoms with Gasteiger partial charge in [-0.25, -0.2) is 13.2 Å². The first kappa shape index (κ1) is 28.1. The Morgan fingerprint density at radius 2 is 1.92 bits per heavy atom. The van der Waals surface area contributed by atoms with Gasteiger partial charge in [-0.05, 0) is 25.1 Å². The number of aromatic nitrogens is 1. The molecular formula is C25H25F7N2O4. The summed E-state index contributed by atoms with van der Waals surface area (Å²) >= 11 is 0. The van der Waals surface area contributed by atoms with E-state index < -0.39 is 90.9 Å². The van der Waals surface area contributed by atoms with Crippen LogP contribution >= 0.6 is 0 Å². The molecule has 4 atom stereocenters. The topological polar surface area (TPSA) is 80.7 Å². The van der Waals surface area contributed by atoms with Crippen LogP contribution < -0.4 is 10.1 Å². The second kappa shape index (κ2) is 9.99. The molecule has 1 saturated carbocycles. The van der Waals surface area contributed by atoms with E-state index in [2.05, 4.69) is 10.3 Å². The molecule has 2 fully saturated rings. The van der Waals surface area contributed by atoms with Crippen molar-refractivity contribution < 1.29 is 50.1 Å². The van der Waals surface area contributed by atoms with E-state index in [1.807, 2.05) is 0 Å². The Balaban J connectivity index is 1.71. The monoisotopic (exact) mass is 550 g/mol. The van der Waals surface area contributed by atoms with E-state index in [1.54, 1.807) is 0 Å². The van der Waals surface area contributed by atoms with Crippen molar-refractivity contribution in [2.75, 3.05) is 11.9 Å². The number of hydrogen-bond acceptors (Lipinski definition) is 5. The predicted octanol–water partition coefficient (Wildman–Crippen LogP) is 5.35. The number of benzene rings is 1. The Morgan fingerprint density at radius 1 is 1.24 bits per heavy atom. The summed E-state index contributed by atoms with van der Waals surface area (Å²) in [6.07, 6.45) is -6.57. The summed E-state index contributed by atoms with van der Waals surface area (Å²) in [7, 11) is 0. The first-order chi connectivity index (χ1) is 17.7. The van der Waals surface area contributed by atoms with E-state index in [9.17, 15) is 40.6 Å². The van der Waals surface area contributed by atoms with Gasteiger partial charge in [0.2, 0.25) is 11.7 Å². The number of anilines is 1. The molecule has 2 N–H and O–H groups in total. The summed E-state index contributed by atoms with van der Waals surface area (Å²) in [5.41, 5.74) is -2.83. The van der Waals surface area contributed by atoms with Crippen LogP contribution in [0.25, 0.3) is 0 Å². The fourth-order valence-corrected chi connectivity index (χ4v) is 4.94. The van der Waals surface area contributed by atoms with Gasteiger partial charge in [0.15, 0.2) is 17.2 Å². The number of alkyl halides is 5. The number of rotatable bonds is 7. The van der Waals surface area contributed by atoms with E-state index in [1.165, 1.54) is 25.3 Å². The van der Waals surface area contributed by atoms with E-state index >= 15 is 0 Å². The Bertz CT molecular complexity index is 1200. The van der Waals surface area contributed by atoms with Crippen LogP contribution in [-0.4, -0.2) is 46.4 Å². The lowest BCUT2D eigenvalue weighted by Crippen LogP contribution is -2.47. The van der Waals surface area contributed by atoms with Gasteiger partial charge in [-0.3, -0.25) is 9.78 Å². The molecule has 2 aliphatic rings. The zero-order valence-corrected chi connectivity index (χ0v) is 20.3. The number of aliphatic hydroxyl groups is 1. The highest BCUT2D eigenvalue weighted by molar-refractivity contribution is 5.95. The number of pyridine rings is 1. The third-order valence-corrected chi connectivity index (χ3v) is 7.25. The molecule has 0 bridgehead atoms. The molecule has 1 saturated heterocycles. The summed E-state index contributed by atoms with van der Waals surface area (Å²) in [5, 5.41) is 11.7. The molecular weight excluding hydrogens is 525 g/mol. The zero-order chi connectivity index (χ0) is 28.0. The minimum absolute atomic E-state index is 0.109. The molecule has 1 amide bonds. The second-order valence-electron chi connectivity index (χ2n) is 9.86. The lowest BCUT2D eigenvalue weighted by molar-refractivity contribution is -0.272. The number of carbonyl (C=O) groups is 1. The Labute approximate surface area is 213 Å². The highest BCUT2D eigenvalue weighted by atomic mass is 19.4. The van der Waals surface area contributed by atoms with Crippen LogP contribution in [0, 0.1) is 23.5 Å². The number of nitrogens with one attached hydrogen (secondary N) is 1. The average molecular weight is 550 g/mol. The van der Waals surface area contributed by atoms with Gasteiger partial charge >= 0.3 is 6.18 Å². The van der Waals surface area contributed by atoms with Crippen LogP contribution in [0.5, 0.6) is 5.75 Å². The third-order valence-electron chi connectivity index (χ3n) is 7.25. The smallest absolute Gasteiger partial charge is 0.417 e. The first-order valence-corrected chi connectivity index (χ1v) is 11.8. The molecule has 0 spiro atoms. The molecule has 2 aromatic rings. The summed E-state index contributed by atoms with van der Waals surface area (Å²) in [4.78, 5) is 17.1. The molecule has 38 heavy (non-hydrogen) atoms. The summed E-state index contributed by atoms with van der Waals surface area (Å²) < 4.78 is 109. The van der Waals surface area contributed by atoms with Gasteiger partial charge in [0, 0.05) is 48.0 Å². The molecule has 4 rings (SSSR count). The van der Waals surface area contributed by atoms with Gasteiger partial charge in [0.1, 0.15) is 6.10 Å². The molecule has 2 heterocycles. The molecule has 1 aliphatic heterocycles. The van der Waals surface area contributed by atoms with Crippen LogP contribution in [0.2, 0.25) is 0 Å². The second-order valence-corrected chi connectivity index (χ2v) is 9.86. The van der Waals surface area contributed by atoms with Gasteiger partial charge in [-0.15, -0.1) is 0 Å². The molecule has 6 nitrogen and oxygen atoms in total. The highest BCUT2D eigenvalue weighted by Gasteiger charge is 2.66. The van der Waals surface area contributed by atoms with Crippen LogP contribution in [0.1, 0.15) is 43.9 Å². The van der Waals surface area contributed by atoms with E-state index in [4.69, 9.17) is 9.47 Å². The lowest BCUT2D eigenvalue weighted by atomic mass is 9.76. The largest absolute Gasteiger partial charge is 0.490 e. The maximum absolute atomic E-state index is 14.9. The number of nitrogens with zero attached hydrogens (tertiary/aromatic N) is 1. The van der Waals surface area contributed by atoms with E-state index in [0.29, 0.717) is 6.07 Å². The normalized spacial score (nSPS) is 27.2. The van der Waals surface area contributed by atoms with Crippen LogP contribution in [0.4, 0.5) is 36.4 Å². The van der Waals surface area contributed by atoms with Crippen LogP contribution in [0.15, 0.2) is 30.5 Å². The SMILES string of the molecule is C[C@H]1[C@@H](c2ccc(F)c(F)c2OCC2CC(F)(F)C2)[C@H](C(=O)Nc2ccnc(CO)c2)O[C@@]1(C)C(F)(F)F. The maximum atomic E-state index is 14.9. The molecule has 0 unspecified atom stereocenters. The summed E-state index contributed by atoms with van der Waals surface area (Å²) in [5.74, 6) is -11.1. The minimum Gasteiger partial charge on any atom is -0.490 e. The summed E-state index contributed by atoms with van der Waals surface area (Å²) in [6.45, 7) is 1.04. The maximum Gasteiger partial charge on any atom is 0.417 e. The van der Waals surface area contributed by atoms with Crippen molar-refractivity contribution in [1.29, 1.82) is 0 Å². The Kier molecular flexibility index (Phi) is 7.38. The first-order valence-electron chi connectivity index (χ1n) is 11.8. The van der Waals surface area contributed by atoms with Crippen molar-refractivity contribution in [3.63, 3.8) is 0 Å². The van der Waals surface area contributed by atoms with Gasteiger partial charge in [-0.2, -0.15) is 17.6 Å². The molecule has 0 radical (unpaired) electrons. The Hall–Kier alpha value is -2.93. The fraction of sp³-hybridized carbons (Fsp3) is 0.520. The van der Waals surface area contributed by atoms with Crippen molar-refractivity contribution in [3.8, 4) is 5.75 Å². The third kappa shape index (κ3) is 5.18. The van der Waals surface area contributed by atoms with Crippen molar-refractivity contribution in [1.82, 2.24) is 4.98 Å². The number of amides is 1. The molecule has 1 aromatic heterocycles. The minimum atomic E-state index is -4.95. The predicted molar refractivity (Wildman–Crippen MR) is 120 cm³/mol. The van der Waals surface area contributed by atoms with Crippen molar-refractivity contribution >= 4 is 11.6 Å². The van der Waals surface area contributed by atoms with Crippen molar-refractivity contribution in [2.24, 2.45) is 11.8 Å². The molecule has 13 heteroatoms. The number of carbonyl (C=O) groups excluding carboxylic acids is 1. The van der Waals surface area contributed by atoms with Crippen molar-refractivity contribution in [2.45, 2.75) is 63.0 Å². The average Bonchev–Trinajstić information content (AvgIpc) is 3.10. The van der Waals surface area contributed by atoms with Crippen molar-refractivity contribution in [3.05, 3.63) is 53.4 Å². The zero-order valence-electron chi connectivity index (χ0n) is 20.3. The van der Waals surface area contributed by atoms with Gasteiger partial charge in [-0.1, -0.05) is 13.0 Å². The summed E-state index contributed by atoms with van der Waals surface area (Å²) in [6, 6.07) is 4.34. The molecule has 1 aromatic carbocycles. The van der Waals surface area contributed by atoms with Gasteiger partial charge in [0.05, 0.1) is 18.9 Å². The van der Waals surface area contributed by atoms with Crippen LogP contribution in [-0.2, 0) is 16.1 Å². The number of aliphatic hydroxyl groups excluding tert-OH is 1. The van der Waals surface area contributed by atoms with Gasteiger partial charge < -0.3 is 19.9 Å². The molecule has 208 valence electrons. The van der Waals surface area contributed by atoms with E-state index in [0.717, 1.165) is 13.0 Å². The van der Waals surface area contributed by atoms with Crippen LogP contribution in [0.3, 0.4) is 0 Å². The number of halogens is 7. The lowest BCUT2D eigenvalue weighted by Gasteiger charge is -2.35. The highest BCUT2D eigenvalue weighted by Crippen LogP contribution is 2.55. The molecule has 1 aliphatic carbocycles. The van der Waals surface area contributed by atoms with E-state index in [-0.39, 0.29) is 16.9 Å². The standard InChI is InChI=1S/C25H25F7N2O4/c1-12-18(16-3-4-17(26)19(27)20(16)37-11-13-8-24(28,29)9-13)21(38-23(12,2)25(30,31)32)22(36)34-14-5-6-33-15(7-14)10-35/h3-7,12-13,18,21,35H,8-11H2,1-2H3,(H,33,34,36)/t12-,18-,21+,23+/m0/s1. The quantitative estimate of drug-likeness (QED) is 0.455. The Morgan fingerprint density at radius 3 is 2.53 bits per heavy atom. The number of ether oxygens (including phenoxy) is 2. The fourth-order valence-electron chi connectivity index (χ4n) is 4.94.